The molecule has 0 unspecified atom stereocenters. The van der Waals surface area contributed by atoms with Crippen LogP contribution in [0.15, 0.2) is 72.8 Å². The molecular weight excluding hydrogens is 406 g/mol. The zero-order valence-corrected chi connectivity index (χ0v) is 17.5. The number of Topliss-reactive ketones (excluding diaryl/α,β-unsaturated/α-hetero) is 1. The summed E-state index contributed by atoms with van der Waals surface area (Å²) >= 11 is 1.61. The molecule has 0 bridgehead atoms. The molecule has 1 aromatic heterocycles. The summed E-state index contributed by atoms with van der Waals surface area (Å²) in [5.41, 5.74) is 9.27. The maximum atomic E-state index is 12.5. The smallest absolute Gasteiger partial charge is 0.224 e. The van der Waals surface area contributed by atoms with Gasteiger partial charge in [0.1, 0.15) is 0 Å². The molecule has 0 fully saturated rings. The van der Waals surface area contributed by atoms with E-state index in [1.165, 1.54) is 6.21 Å². The number of benzene rings is 3. The van der Waals surface area contributed by atoms with Gasteiger partial charge in [0.2, 0.25) is 5.91 Å². The van der Waals surface area contributed by atoms with Crippen LogP contribution in [0.4, 0.5) is 11.4 Å². The predicted molar refractivity (Wildman–Crippen MR) is 128 cm³/mol. The van der Waals surface area contributed by atoms with Gasteiger partial charge >= 0.3 is 0 Å². The molecule has 3 aromatic carbocycles. The Labute approximate surface area is 184 Å². The average Bonchev–Trinajstić information content (AvgIpc) is 3.23. The molecule has 0 saturated heterocycles. The zero-order chi connectivity index (χ0) is 21.8. The van der Waals surface area contributed by atoms with E-state index in [-0.39, 0.29) is 24.5 Å². The normalized spacial score (nSPS) is 10.7. The van der Waals surface area contributed by atoms with Crippen LogP contribution in [0.1, 0.15) is 28.8 Å². The summed E-state index contributed by atoms with van der Waals surface area (Å²) in [5.74, 6) is -0.327. The molecule has 4 N–H and O–H groups in total. The van der Waals surface area contributed by atoms with Gasteiger partial charge < -0.3 is 16.5 Å². The zero-order valence-electron chi connectivity index (χ0n) is 16.7. The maximum absolute atomic E-state index is 12.5. The molecule has 5 nitrogen and oxygen atoms in total. The molecule has 154 valence electrons. The van der Waals surface area contributed by atoms with Gasteiger partial charge in [0.05, 0.1) is 0 Å². The van der Waals surface area contributed by atoms with Gasteiger partial charge in [-0.05, 0) is 29.7 Å². The molecule has 0 aliphatic carbocycles. The molecule has 0 atom stereocenters. The van der Waals surface area contributed by atoms with Gasteiger partial charge in [-0.3, -0.25) is 9.59 Å². The van der Waals surface area contributed by atoms with E-state index in [0.717, 1.165) is 20.5 Å². The minimum atomic E-state index is -0.257. The number of carbonyl (C=O) groups is 2. The molecule has 4 aromatic rings. The van der Waals surface area contributed by atoms with Gasteiger partial charge in [-0.25, -0.2) is 0 Å². The highest BCUT2D eigenvalue weighted by atomic mass is 32.1. The van der Waals surface area contributed by atoms with Crippen LogP contribution in [-0.2, 0) is 4.79 Å². The number of nitrogen functional groups attached to an aromatic ring is 1. The molecule has 0 spiro atoms. The lowest BCUT2D eigenvalue weighted by Gasteiger charge is -2.12. The summed E-state index contributed by atoms with van der Waals surface area (Å²) in [4.78, 5) is 25.7. The van der Waals surface area contributed by atoms with Crippen LogP contribution in [0.25, 0.3) is 20.5 Å². The topological polar surface area (TPSA) is 96.0 Å². The van der Waals surface area contributed by atoms with E-state index < -0.39 is 0 Å². The van der Waals surface area contributed by atoms with Crippen LogP contribution >= 0.6 is 11.3 Å². The standard InChI is InChI=1S/C25H21N3O2S/c26-15-18-12-19(28-24(30)11-10-21(29)16-6-2-1-3-7-16)14-20(25(18)27)23-13-17-8-4-5-9-22(17)31-23/h1-9,12-15,26H,10-11,27H2,(H,28,30). The van der Waals surface area contributed by atoms with Crippen LogP contribution in [-0.4, -0.2) is 17.9 Å². The summed E-state index contributed by atoms with van der Waals surface area (Å²) in [7, 11) is 0. The Morgan fingerprint density at radius 2 is 1.71 bits per heavy atom. The van der Waals surface area contributed by atoms with E-state index in [1.807, 2.05) is 36.4 Å². The second kappa shape index (κ2) is 8.93. The second-order valence-electron chi connectivity index (χ2n) is 7.16. The molecule has 6 heteroatoms. The van der Waals surface area contributed by atoms with Gasteiger partial charge in [0, 0.05) is 56.7 Å². The summed E-state index contributed by atoms with van der Waals surface area (Å²) < 4.78 is 1.14. The number of hydrogen-bond acceptors (Lipinski definition) is 5. The second-order valence-corrected chi connectivity index (χ2v) is 8.24. The Balaban J connectivity index is 1.54. The van der Waals surface area contributed by atoms with Crippen LogP contribution in [0.5, 0.6) is 0 Å². The minimum Gasteiger partial charge on any atom is -0.398 e. The minimum absolute atomic E-state index is 0.0702. The Morgan fingerprint density at radius 3 is 2.45 bits per heavy atom. The number of carbonyl (C=O) groups excluding carboxylic acids is 2. The molecule has 1 heterocycles. The average molecular weight is 428 g/mol. The van der Waals surface area contributed by atoms with Gasteiger partial charge in [-0.2, -0.15) is 0 Å². The van der Waals surface area contributed by atoms with Crippen molar-refractivity contribution in [2.45, 2.75) is 12.8 Å². The predicted octanol–water partition coefficient (Wildman–Crippen LogP) is 5.75. The number of hydrogen-bond donors (Lipinski definition) is 3. The fourth-order valence-electron chi connectivity index (χ4n) is 3.40. The SMILES string of the molecule is N=Cc1cc(NC(=O)CCC(=O)c2ccccc2)cc(-c2cc3ccccc3s2)c1N. The van der Waals surface area contributed by atoms with E-state index >= 15 is 0 Å². The summed E-state index contributed by atoms with van der Waals surface area (Å²) in [6, 6.07) is 22.6. The van der Waals surface area contributed by atoms with Crippen molar-refractivity contribution in [3.63, 3.8) is 0 Å². The monoisotopic (exact) mass is 427 g/mol. The van der Waals surface area contributed by atoms with Crippen molar-refractivity contribution >= 4 is 50.7 Å². The molecule has 0 aliphatic rings. The molecule has 4 rings (SSSR count). The number of amides is 1. The fourth-order valence-corrected chi connectivity index (χ4v) is 4.50. The highest BCUT2D eigenvalue weighted by Gasteiger charge is 2.14. The quantitative estimate of drug-likeness (QED) is 0.199. The van der Waals surface area contributed by atoms with Crippen molar-refractivity contribution in [2.75, 3.05) is 11.1 Å². The molecule has 31 heavy (non-hydrogen) atoms. The van der Waals surface area contributed by atoms with Crippen molar-refractivity contribution in [1.82, 2.24) is 0 Å². The van der Waals surface area contributed by atoms with Gasteiger partial charge in [-0.1, -0.05) is 48.5 Å². The fraction of sp³-hybridized carbons (Fsp3) is 0.0800. The lowest BCUT2D eigenvalue weighted by Crippen LogP contribution is -2.14. The first-order valence-electron chi connectivity index (χ1n) is 9.86. The first-order valence-corrected chi connectivity index (χ1v) is 10.7. The van der Waals surface area contributed by atoms with Crippen LogP contribution in [0.2, 0.25) is 0 Å². The molecule has 0 aliphatic heterocycles. The van der Waals surface area contributed by atoms with Crippen LogP contribution in [0, 0.1) is 5.41 Å². The van der Waals surface area contributed by atoms with Gasteiger partial charge in [0.15, 0.2) is 5.78 Å². The number of thiophene rings is 1. The molecule has 0 saturated carbocycles. The van der Waals surface area contributed by atoms with E-state index in [2.05, 4.69) is 11.4 Å². The van der Waals surface area contributed by atoms with E-state index in [9.17, 15) is 9.59 Å². The van der Waals surface area contributed by atoms with Crippen molar-refractivity contribution < 1.29 is 9.59 Å². The first kappa shape index (κ1) is 20.5. The lowest BCUT2D eigenvalue weighted by atomic mass is 10.0. The van der Waals surface area contributed by atoms with Gasteiger partial charge in [0.25, 0.3) is 0 Å². The highest BCUT2D eigenvalue weighted by Crippen LogP contribution is 2.38. The lowest BCUT2D eigenvalue weighted by molar-refractivity contribution is -0.116. The largest absolute Gasteiger partial charge is 0.398 e. The summed E-state index contributed by atoms with van der Waals surface area (Å²) in [5, 5.41) is 11.7. The number of rotatable bonds is 7. The Bertz CT molecular complexity index is 1250. The third kappa shape index (κ3) is 4.54. The number of anilines is 2. The molecule has 0 radical (unpaired) electrons. The Morgan fingerprint density at radius 1 is 0.968 bits per heavy atom. The number of ketones is 1. The van der Waals surface area contributed by atoms with E-state index in [1.54, 1.807) is 41.7 Å². The third-order valence-corrected chi connectivity index (χ3v) is 6.17. The van der Waals surface area contributed by atoms with Crippen molar-refractivity contribution in [3.05, 3.63) is 83.9 Å². The number of nitrogens with two attached hydrogens (primary N) is 1. The van der Waals surface area contributed by atoms with E-state index in [4.69, 9.17) is 11.1 Å². The Kier molecular flexibility index (Phi) is 5.91. The summed E-state index contributed by atoms with van der Waals surface area (Å²) in [6.07, 6.45) is 1.39. The summed E-state index contributed by atoms with van der Waals surface area (Å²) in [6.45, 7) is 0. The molecule has 1 amide bonds. The third-order valence-electron chi connectivity index (χ3n) is 5.02. The van der Waals surface area contributed by atoms with Crippen LogP contribution in [0.3, 0.4) is 0 Å². The van der Waals surface area contributed by atoms with Crippen molar-refractivity contribution in [3.8, 4) is 10.4 Å². The van der Waals surface area contributed by atoms with Gasteiger partial charge in [-0.15, -0.1) is 11.3 Å². The highest BCUT2D eigenvalue weighted by molar-refractivity contribution is 7.22. The maximum Gasteiger partial charge on any atom is 0.224 e. The van der Waals surface area contributed by atoms with Crippen LogP contribution < -0.4 is 11.1 Å². The van der Waals surface area contributed by atoms with E-state index in [0.29, 0.717) is 22.5 Å². The molecular formula is C25H21N3O2S. The Hall–Kier alpha value is -3.77. The number of nitrogens with one attached hydrogen (secondary N) is 2. The van der Waals surface area contributed by atoms with Crippen molar-refractivity contribution in [1.29, 1.82) is 5.41 Å². The van der Waals surface area contributed by atoms with Crippen molar-refractivity contribution in [2.24, 2.45) is 0 Å². The number of fused-ring (bicyclic) bond motifs is 1. The first-order chi connectivity index (χ1) is 15.0.